The summed E-state index contributed by atoms with van der Waals surface area (Å²) >= 11 is 0. The lowest BCUT2D eigenvalue weighted by atomic mass is 10.0. The van der Waals surface area contributed by atoms with Crippen molar-refractivity contribution in [3.8, 4) is 0 Å². The van der Waals surface area contributed by atoms with Crippen molar-refractivity contribution < 1.29 is 4.74 Å². The molecule has 0 aromatic carbocycles. The van der Waals surface area contributed by atoms with Crippen molar-refractivity contribution in [2.75, 3.05) is 20.3 Å². The molecule has 1 fully saturated rings. The zero-order valence-corrected chi connectivity index (χ0v) is 7.60. The van der Waals surface area contributed by atoms with Crippen molar-refractivity contribution in [3.63, 3.8) is 0 Å². The Morgan fingerprint density at radius 3 is 2.91 bits per heavy atom. The lowest BCUT2D eigenvalue weighted by Gasteiger charge is -2.06. The molecule has 0 aromatic heterocycles. The monoisotopic (exact) mass is 157 g/mol. The van der Waals surface area contributed by atoms with E-state index >= 15 is 0 Å². The van der Waals surface area contributed by atoms with Crippen LogP contribution in [0.2, 0.25) is 0 Å². The van der Waals surface area contributed by atoms with Gasteiger partial charge in [0.05, 0.1) is 0 Å². The van der Waals surface area contributed by atoms with E-state index in [9.17, 15) is 0 Å². The summed E-state index contributed by atoms with van der Waals surface area (Å²) in [6.45, 7) is 4.39. The first-order chi connectivity index (χ1) is 5.33. The van der Waals surface area contributed by atoms with Gasteiger partial charge in [-0.15, -0.1) is 0 Å². The van der Waals surface area contributed by atoms with Gasteiger partial charge in [0, 0.05) is 19.8 Å². The molecule has 2 heteroatoms. The predicted octanol–water partition coefficient (Wildman–Crippen LogP) is 1.41. The minimum atomic E-state index is 0.738. The van der Waals surface area contributed by atoms with Gasteiger partial charge in [0.15, 0.2) is 0 Å². The third-order valence-corrected chi connectivity index (χ3v) is 2.40. The van der Waals surface area contributed by atoms with Crippen molar-refractivity contribution in [1.29, 1.82) is 0 Å². The van der Waals surface area contributed by atoms with E-state index in [0.717, 1.165) is 18.6 Å². The molecule has 0 saturated carbocycles. The van der Waals surface area contributed by atoms with Gasteiger partial charge in [-0.3, -0.25) is 0 Å². The van der Waals surface area contributed by atoms with E-state index < -0.39 is 0 Å². The molecule has 1 heterocycles. The molecule has 0 amide bonds. The van der Waals surface area contributed by atoms with E-state index in [0.29, 0.717) is 0 Å². The molecule has 2 unspecified atom stereocenters. The maximum Gasteiger partial charge on any atom is 0.0462 e. The van der Waals surface area contributed by atoms with Crippen LogP contribution in [0.15, 0.2) is 0 Å². The Bertz CT molecular complexity index is 106. The van der Waals surface area contributed by atoms with E-state index in [-0.39, 0.29) is 0 Å². The SMILES string of the molecule is COCCCC1CNC(C)C1. The molecule has 2 atom stereocenters. The van der Waals surface area contributed by atoms with Crippen LogP contribution in [0.25, 0.3) is 0 Å². The van der Waals surface area contributed by atoms with Crippen LogP contribution in [-0.2, 0) is 4.74 Å². The minimum Gasteiger partial charge on any atom is -0.385 e. The second kappa shape index (κ2) is 4.73. The highest BCUT2D eigenvalue weighted by Crippen LogP contribution is 2.18. The number of rotatable bonds is 4. The van der Waals surface area contributed by atoms with Crippen molar-refractivity contribution in [2.45, 2.75) is 32.2 Å². The molecule has 66 valence electrons. The van der Waals surface area contributed by atoms with Crippen molar-refractivity contribution in [2.24, 2.45) is 5.92 Å². The molecule has 0 radical (unpaired) electrons. The van der Waals surface area contributed by atoms with Crippen LogP contribution in [0.3, 0.4) is 0 Å². The van der Waals surface area contributed by atoms with Crippen molar-refractivity contribution >= 4 is 0 Å². The molecule has 11 heavy (non-hydrogen) atoms. The molecule has 1 aliphatic rings. The van der Waals surface area contributed by atoms with E-state index in [1.807, 2.05) is 0 Å². The van der Waals surface area contributed by atoms with Crippen LogP contribution in [0.5, 0.6) is 0 Å². The molecule has 1 aliphatic heterocycles. The number of nitrogens with one attached hydrogen (secondary N) is 1. The Kier molecular flexibility index (Phi) is 3.87. The molecule has 0 spiro atoms. The Morgan fingerprint density at radius 1 is 1.55 bits per heavy atom. The number of hydrogen-bond acceptors (Lipinski definition) is 2. The van der Waals surface area contributed by atoms with Crippen LogP contribution in [0, 0.1) is 5.92 Å². The fourth-order valence-corrected chi connectivity index (χ4v) is 1.77. The Hall–Kier alpha value is -0.0800. The van der Waals surface area contributed by atoms with E-state index in [2.05, 4.69) is 12.2 Å². The molecule has 0 aliphatic carbocycles. The number of ether oxygens (including phenoxy) is 1. The largest absolute Gasteiger partial charge is 0.385 e. The summed E-state index contributed by atoms with van der Waals surface area (Å²) in [6, 6.07) is 0.738. The number of hydrogen-bond donors (Lipinski definition) is 1. The van der Waals surface area contributed by atoms with Gasteiger partial charge in [-0.25, -0.2) is 0 Å². The second-order valence-corrected chi connectivity index (χ2v) is 3.55. The Balaban J connectivity index is 1.99. The molecular formula is C9H19NO. The highest BCUT2D eigenvalue weighted by Gasteiger charge is 2.19. The maximum absolute atomic E-state index is 5.01. The molecule has 1 rings (SSSR count). The Morgan fingerprint density at radius 2 is 2.36 bits per heavy atom. The molecule has 0 aromatic rings. The van der Waals surface area contributed by atoms with Gasteiger partial charge in [0.2, 0.25) is 0 Å². The molecular weight excluding hydrogens is 138 g/mol. The van der Waals surface area contributed by atoms with Crippen molar-refractivity contribution in [3.05, 3.63) is 0 Å². The van der Waals surface area contributed by atoms with Crippen LogP contribution >= 0.6 is 0 Å². The molecule has 2 nitrogen and oxygen atoms in total. The van der Waals surface area contributed by atoms with Gasteiger partial charge in [0.25, 0.3) is 0 Å². The lowest BCUT2D eigenvalue weighted by molar-refractivity contribution is 0.187. The normalized spacial score (nSPS) is 31.1. The topological polar surface area (TPSA) is 21.3 Å². The van der Waals surface area contributed by atoms with E-state index in [1.54, 1.807) is 7.11 Å². The third-order valence-electron chi connectivity index (χ3n) is 2.40. The molecule has 1 N–H and O–H groups in total. The summed E-state index contributed by atoms with van der Waals surface area (Å²) < 4.78 is 5.01. The summed E-state index contributed by atoms with van der Waals surface area (Å²) in [5.74, 6) is 0.903. The van der Waals surface area contributed by atoms with Crippen LogP contribution in [0.4, 0.5) is 0 Å². The fourth-order valence-electron chi connectivity index (χ4n) is 1.77. The Labute approximate surface area is 69.3 Å². The van der Waals surface area contributed by atoms with Gasteiger partial charge in [-0.05, 0) is 38.6 Å². The first kappa shape index (κ1) is 9.01. The van der Waals surface area contributed by atoms with Crippen LogP contribution < -0.4 is 5.32 Å². The average Bonchev–Trinajstić information content (AvgIpc) is 2.37. The average molecular weight is 157 g/mol. The smallest absolute Gasteiger partial charge is 0.0462 e. The summed E-state index contributed by atoms with van der Waals surface area (Å²) in [5.41, 5.74) is 0. The lowest BCUT2D eigenvalue weighted by Crippen LogP contribution is -2.16. The van der Waals surface area contributed by atoms with Gasteiger partial charge in [-0.1, -0.05) is 0 Å². The summed E-state index contributed by atoms with van der Waals surface area (Å²) in [7, 11) is 1.77. The first-order valence-corrected chi connectivity index (χ1v) is 4.55. The third kappa shape index (κ3) is 3.21. The van der Waals surface area contributed by atoms with Gasteiger partial charge >= 0.3 is 0 Å². The summed E-state index contributed by atoms with van der Waals surface area (Å²) in [4.78, 5) is 0. The van der Waals surface area contributed by atoms with E-state index in [1.165, 1.54) is 25.8 Å². The van der Waals surface area contributed by atoms with Gasteiger partial charge in [-0.2, -0.15) is 0 Å². The van der Waals surface area contributed by atoms with E-state index in [4.69, 9.17) is 4.74 Å². The van der Waals surface area contributed by atoms with Crippen LogP contribution in [-0.4, -0.2) is 26.3 Å². The second-order valence-electron chi connectivity index (χ2n) is 3.55. The highest BCUT2D eigenvalue weighted by atomic mass is 16.5. The highest BCUT2D eigenvalue weighted by molar-refractivity contribution is 4.77. The fraction of sp³-hybridized carbons (Fsp3) is 1.00. The standard InChI is InChI=1S/C9H19NO/c1-8-6-9(7-10-8)4-3-5-11-2/h8-10H,3-7H2,1-2H3. The quantitative estimate of drug-likeness (QED) is 0.623. The summed E-state index contributed by atoms with van der Waals surface area (Å²) in [6.07, 6.45) is 3.89. The van der Waals surface area contributed by atoms with Crippen LogP contribution in [0.1, 0.15) is 26.2 Å². The van der Waals surface area contributed by atoms with Gasteiger partial charge in [0.1, 0.15) is 0 Å². The maximum atomic E-state index is 5.01. The zero-order chi connectivity index (χ0) is 8.10. The minimum absolute atomic E-state index is 0.738. The predicted molar refractivity (Wildman–Crippen MR) is 46.7 cm³/mol. The van der Waals surface area contributed by atoms with Gasteiger partial charge < -0.3 is 10.1 Å². The van der Waals surface area contributed by atoms with Crippen molar-refractivity contribution in [1.82, 2.24) is 5.32 Å². The molecule has 0 bridgehead atoms. The summed E-state index contributed by atoms with van der Waals surface area (Å²) in [5, 5.41) is 3.46. The number of methoxy groups -OCH3 is 1. The molecule has 1 saturated heterocycles. The zero-order valence-electron chi connectivity index (χ0n) is 7.60. The first-order valence-electron chi connectivity index (χ1n) is 4.55.